The Balaban J connectivity index is 2.09. The molecule has 116 valence electrons. The molecule has 0 amide bonds. The topological polar surface area (TPSA) is 80.8 Å². The predicted molar refractivity (Wildman–Crippen MR) is 91.2 cm³/mol. The van der Waals surface area contributed by atoms with Crippen LogP contribution in [0.25, 0.3) is 11.5 Å². The molecule has 0 saturated heterocycles. The zero-order chi connectivity index (χ0) is 16.2. The molecule has 0 unspecified atom stereocenters. The van der Waals surface area contributed by atoms with E-state index in [0.717, 1.165) is 5.69 Å². The van der Waals surface area contributed by atoms with Crippen LogP contribution >= 0.6 is 0 Å². The van der Waals surface area contributed by atoms with Gasteiger partial charge in [-0.25, -0.2) is 0 Å². The van der Waals surface area contributed by atoms with Crippen LogP contribution in [0.4, 0.5) is 17.6 Å². The van der Waals surface area contributed by atoms with Crippen LogP contribution in [0.2, 0.25) is 0 Å². The normalized spacial score (nSPS) is 10.7. The number of hydrogen-bond acceptors (Lipinski definition) is 6. The molecule has 2 heterocycles. The predicted octanol–water partition coefficient (Wildman–Crippen LogP) is 3.06. The number of para-hydroxylation sites is 1. The first-order valence-electron chi connectivity index (χ1n) is 7.42. The Morgan fingerprint density at radius 2 is 1.65 bits per heavy atom. The van der Waals surface area contributed by atoms with Gasteiger partial charge in [0.25, 0.3) is 0 Å². The van der Waals surface area contributed by atoms with Crippen LogP contribution in [-0.2, 0) is 0 Å². The second-order valence-corrected chi connectivity index (χ2v) is 5.33. The van der Waals surface area contributed by atoms with E-state index in [-0.39, 0.29) is 12.0 Å². The maximum Gasteiger partial charge on any atom is 0.235 e. The van der Waals surface area contributed by atoms with E-state index in [1.54, 1.807) is 6.20 Å². The van der Waals surface area contributed by atoms with Crippen molar-refractivity contribution >= 4 is 17.6 Å². The SMILES string of the molecule is CC(C)N(c1ccccc1)c1nc(N)nc(-c2ccccn2)n1. The summed E-state index contributed by atoms with van der Waals surface area (Å²) in [4.78, 5) is 19.4. The Hall–Kier alpha value is -3.02. The van der Waals surface area contributed by atoms with Crippen LogP contribution in [0.1, 0.15) is 13.8 Å². The van der Waals surface area contributed by atoms with Gasteiger partial charge in [0.1, 0.15) is 5.69 Å². The molecular weight excluding hydrogens is 288 g/mol. The fourth-order valence-corrected chi connectivity index (χ4v) is 2.33. The van der Waals surface area contributed by atoms with Gasteiger partial charge in [-0.3, -0.25) is 4.98 Å². The van der Waals surface area contributed by atoms with E-state index >= 15 is 0 Å². The molecule has 0 radical (unpaired) electrons. The standard InChI is InChI=1S/C17H18N6/c1-12(2)23(13-8-4-3-5-9-13)17-21-15(20-16(18)22-17)14-10-6-7-11-19-14/h3-12H,1-2H3,(H2,18,20,21,22). The van der Waals surface area contributed by atoms with Gasteiger partial charge < -0.3 is 10.6 Å². The van der Waals surface area contributed by atoms with E-state index in [1.807, 2.05) is 53.4 Å². The van der Waals surface area contributed by atoms with Crippen LogP contribution in [0.3, 0.4) is 0 Å². The summed E-state index contributed by atoms with van der Waals surface area (Å²) in [5, 5.41) is 0. The zero-order valence-corrected chi connectivity index (χ0v) is 13.1. The summed E-state index contributed by atoms with van der Waals surface area (Å²) in [7, 11) is 0. The van der Waals surface area contributed by atoms with Crippen molar-refractivity contribution in [3.8, 4) is 11.5 Å². The quantitative estimate of drug-likeness (QED) is 0.798. The van der Waals surface area contributed by atoms with Crippen molar-refractivity contribution < 1.29 is 0 Å². The molecule has 2 aromatic heterocycles. The van der Waals surface area contributed by atoms with Crippen molar-refractivity contribution in [2.75, 3.05) is 10.6 Å². The van der Waals surface area contributed by atoms with Crippen molar-refractivity contribution in [2.24, 2.45) is 0 Å². The molecule has 3 rings (SSSR count). The van der Waals surface area contributed by atoms with Gasteiger partial charge in [-0.05, 0) is 38.1 Å². The highest BCUT2D eigenvalue weighted by atomic mass is 15.3. The average Bonchev–Trinajstić information content (AvgIpc) is 2.56. The number of aromatic nitrogens is 4. The summed E-state index contributed by atoms with van der Waals surface area (Å²) >= 11 is 0. The molecule has 0 bridgehead atoms. The van der Waals surface area contributed by atoms with Crippen LogP contribution in [0.15, 0.2) is 54.7 Å². The molecule has 0 aliphatic carbocycles. The van der Waals surface area contributed by atoms with Crippen molar-refractivity contribution in [1.82, 2.24) is 19.9 Å². The minimum Gasteiger partial charge on any atom is -0.368 e. The van der Waals surface area contributed by atoms with E-state index in [9.17, 15) is 0 Å². The maximum absolute atomic E-state index is 5.90. The van der Waals surface area contributed by atoms with E-state index in [4.69, 9.17) is 5.73 Å². The first-order chi connectivity index (χ1) is 11.1. The van der Waals surface area contributed by atoms with Crippen LogP contribution in [-0.4, -0.2) is 26.0 Å². The molecule has 0 spiro atoms. The molecule has 0 atom stereocenters. The minimum absolute atomic E-state index is 0.163. The number of nitrogen functional groups attached to an aromatic ring is 1. The Kier molecular flexibility index (Phi) is 4.14. The van der Waals surface area contributed by atoms with Gasteiger partial charge in [0.2, 0.25) is 11.9 Å². The number of nitrogens with zero attached hydrogens (tertiary/aromatic N) is 5. The summed E-state index contributed by atoms with van der Waals surface area (Å²) in [5.41, 5.74) is 7.56. The highest BCUT2D eigenvalue weighted by Gasteiger charge is 2.18. The number of pyridine rings is 1. The first-order valence-corrected chi connectivity index (χ1v) is 7.42. The number of benzene rings is 1. The number of anilines is 3. The van der Waals surface area contributed by atoms with Gasteiger partial charge in [-0.1, -0.05) is 24.3 Å². The number of rotatable bonds is 4. The summed E-state index contributed by atoms with van der Waals surface area (Å²) < 4.78 is 0. The van der Waals surface area contributed by atoms with Gasteiger partial charge in [-0.15, -0.1) is 0 Å². The molecule has 0 fully saturated rings. The van der Waals surface area contributed by atoms with E-state index < -0.39 is 0 Å². The van der Waals surface area contributed by atoms with E-state index in [0.29, 0.717) is 17.5 Å². The fraction of sp³-hybridized carbons (Fsp3) is 0.176. The molecule has 6 heteroatoms. The van der Waals surface area contributed by atoms with Crippen molar-refractivity contribution in [2.45, 2.75) is 19.9 Å². The first kappa shape index (κ1) is 14.9. The maximum atomic E-state index is 5.90. The molecule has 6 nitrogen and oxygen atoms in total. The number of nitrogens with two attached hydrogens (primary N) is 1. The third kappa shape index (κ3) is 3.26. The third-order valence-electron chi connectivity index (χ3n) is 3.30. The summed E-state index contributed by atoms with van der Waals surface area (Å²) in [6.45, 7) is 4.15. The van der Waals surface area contributed by atoms with Crippen LogP contribution in [0.5, 0.6) is 0 Å². The minimum atomic E-state index is 0.163. The van der Waals surface area contributed by atoms with Crippen LogP contribution in [0, 0.1) is 0 Å². The summed E-state index contributed by atoms with van der Waals surface area (Å²) in [5.74, 6) is 1.16. The molecule has 1 aromatic carbocycles. The monoisotopic (exact) mass is 306 g/mol. The Labute approximate surface area is 135 Å². The largest absolute Gasteiger partial charge is 0.368 e. The Morgan fingerprint density at radius 1 is 0.913 bits per heavy atom. The molecule has 0 aliphatic heterocycles. The Bertz CT molecular complexity index is 774. The van der Waals surface area contributed by atoms with E-state index in [1.165, 1.54) is 0 Å². The highest BCUT2D eigenvalue weighted by molar-refractivity contribution is 5.61. The van der Waals surface area contributed by atoms with Crippen molar-refractivity contribution in [3.05, 3.63) is 54.7 Å². The van der Waals surface area contributed by atoms with Crippen LogP contribution < -0.4 is 10.6 Å². The second kappa shape index (κ2) is 6.39. The molecule has 23 heavy (non-hydrogen) atoms. The second-order valence-electron chi connectivity index (χ2n) is 5.33. The van der Waals surface area contributed by atoms with Gasteiger partial charge in [0, 0.05) is 17.9 Å². The highest BCUT2D eigenvalue weighted by Crippen LogP contribution is 2.26. The molecule has 3 aromatic rings. The molecular formula is C17H18N6. The lowest BCUT2D eigenvalue weighted by atomic mass is 10.2. The molecule has 0 aliphatic rings. The summed E-state index contributed by atoms with van der Waals surface area (Å²) in [6, 6.07) is 15.7. The smallest absolute Gasteiger partial charge is 0.235 e. The molecule has 2 N–H and O–H groups in total. The lowest BCUT2D eigenvalue weighted by Gasteiger charge is -2.27. The summed E-state index contributed by atoms with van der Waals surface area (Å²) in [6.07, 6.45) is 1.70. The van der Waals surface area contributed by atoms with Gasteiger partial charge in [-0.2, -0.15) is 15.0 Å². The fourth-order valence-electron chi connectivity index (χ4n) is 2.33. The lowest BCUT2D eigenvalue weighted by Crippen LogP contribution is -2.28. The van der Waals surface area contributed by atoms with Gasteiger partial charge >= 0.3 is 0 Å². The van der Waals surface area contributed by atoms with E-state index in [2.05, 4.69) is 33.8 Å². The van der Waals surface area contributed by atoms with Crippen molar-refractivity contribution in [1.29, 1.82) is 0 Å². The van der Waals surface area contributed by atoms with Gasteiger partial charge in [0.15, 0.2) is 5.82 Å². The Morgan fingerprint density at radius 3 is 2.30 bits per heavy atom. The average molecular weight is 306 g/mol. The van der Waals surface area contributed by atoms with Gasteiger partial charge in [0.05, 0.1) is 0 Å². The molecule has 0 saturated carbocycles. The zero-order valence-electron chi connectivity index (χ0n) is 13.1. The van der Waals surface area contributed by atoms with Crippen molar-refractivity contribution in [3.63, 3.8) is 0 Å². The number of hydrogen-bond donors (Lipinski definition) is 1. The lowest BCUT2D eigenvalue weighted by molar-refractivity contribution is 0.760. The third-order valence-corrected chi connectivity index (χ3v) is 3.30.